The molecule has 0 amide bonds. The van der Waals surface area contributed by atoms with E-state index in [1.807, 2.05) is 0 Å². The molecule has 2 aromatic carbocycles. The zero-order valence-corrected chi connectivity index (χ0v) is 17.5. The maximum absolute atomic E-state index is 11.0. The summed E-state index contributed by atoms with van der Waals surface area (Å²) in [6.07, 6.45) is -0.226. The lowest BCUT2D eigenvalue weighted by Gasteiger charge is -2.10. The van der Waals surface area contributed by atoms with E-state index in [1.54, 1.807) is 48.5 Å². The van der Waals surface area contributed by atoms with Gasteiger partial charge in [-0.05, 0) is 24.0 Å². The van der Waals surface area contributed by atoms with Crippen LogP contribution in [-0.2, 0) is 22.0 Å². The Bertz CT molecular complexity index is 924. The van der Waals surface area contributed by atoms with Crippen LogP contribution in [0.4, 0.5) is 0 Å². The van der Waals surface area contributed by atoms with Crippen molar-refractivity contribution in [2.75, 3.05) is 12.3 Å². The molecule has 0 atom stereocenters. The summed E-state index contributed by atoms with van der Waals surface area (Å²) in [5, 5.41) is 25.3. The molecule has 12 heteroatoms. The average Bonchev–Trinajstić information content (AvgIpc) is 2.69. The molecule has 2 aromatic rings. The van der Waals surface area contributed by atoms with E-state index in [1.165, 1.54) is 0 Å². The summed E-state index contributed by atoms with van der Waals surface area (Å²) in [6.45, 7) is 0. The van der Waals surface area contributed by atoms with Gasteiger partial charge in [-0.2, -0.15) is 0 Å². The molecule has 10 nitrogen and oxygen atoms in total. The molecule has 162 valence electrons. The second-order valence-corrected chi connectivity index (χ2v) is 10.1. The van der Waals surface area contributed by atoms with Crippen molar-refractivity contribution < 1.29 is 39.1 Å². The normalized spacial score (nSPS) is 13.5. The van der Waals surface area contributed by atoms with E-state index in [9.17, 15) is 19.5 Å². The van der Waals surface area contributed by atoms with E-state index >= 15 is 0 Å². The Hall–Kier alpha value is -2.32. The molecule has 0 bridgehead atoms. The van der Waals surface area contributed by atoms with Crippen LogP contribution in [0.2, 0.25) is 0 Å². The van der Waals surface area contributed by atoms with Gasteiger partial charge in [-0.3, -0.25) is 9.13 Å². The fourth-order valence-corrected chi connectivity index (χ4v) is 3.79. The summed E-state index contributed by atoms with van der Waals surface area (Å²) in [5.74, 6) is 0. The average molecular weight is 456 g/mol. The van der Waals surface area contributed by atoms with Crippen LogP contribution in [0.3, 0.4) is 0 Å². The third-order valence-electron chi connectivity index (χ3n) is 4.26. The van der Waals surface area contributed by atoms with Gasteiger partial charge in [0.1, 0.15) is 11.4 Å². The zero-order chi connectivity index (χ0) is 22.4. The van der Waals surface area contributed by atoms with Crippen LogP contribution >= 0.6 is 15.2 Å². The van der Waals surface area contributed by atoms with E-state index in [4.69, 9.17) is 19.6 Å². The molecule has 0 aliphatic carbocycles. The predicted molar refractivity (Wildman–Crippen MR) is 111 cm³/mol. The Kier molecular flexibility index (Phi) is 8.09. The fraction of sp³-hybridized carbons (Fsp3) is 0.222. The smallest absolute Gasteiger partial charge is 0.325 e. The van der Waals surface area contributed by atoms with Gasteiger partial charge < -0.3 is 30.0 Å². The Morgan fingerprint density at radius 1 is 0.633 bits per heavy atom. The highest BCUT2D eigenvalue weighted by atomic mass is 31.2. The highest BCUT2D eigenvalue weighted by molar-refractivity contribution is 7.52. The van der Waals surface area contributed by atoms with Gasteiger partial charge in [0.2, 0.25) is 0 Å². The number of oxime groups is 2. The van der Waals surface area contributed by atoms with Crippen molar-refractivity contribution in [3.8, 4) is 0 Å². The quantitative estimate of drug-likeness (QED) is 0.144. The number of benzene rings is 2. The first-order valence-electron chi connectivity index (χ1n) is 8.74. The summed E-state index contributed by atoms with van der Waals surface area (Å²) in [4.78, 5) is 35.8. The predicted octanol–water partition coefficient (Wildman–Crippen LogP) is 2.18. The molecule has 0 heterocycles. The highest BCUT2D eigenvalue weighted by Crippen LogP contribution is 2.35. The highest BCUT2D eigenvalue weighted by Gasteiger charge is 2.18. The van der Waals surface area contributed by atoms with Crippen LogP contribution < -0.4 is 0 Å². The maximum Gasteiger partial charge on any atom is 0.325 e. The minimum Gasteiger partial charge on any atom is -0.410 e. The Labute approximate surface area is 172 Å². The summed E-state index contributed by atoms with van der Waals surface area (Å²) < 4.78 is 22.0. The van der Waals surface area contributed by atoms with Gasteiger partial charge in [0.25, 0.3) is 0 Å². The molecule has 0 saturated carbocycles. The van der Waals surface area contributed by atoms with Gasteiger partial charge >= 0.3 is 15.2 Å². The SMILES string of the molecule is O=P(O)(O)CCc1ccc(C(=N/O)/C(=N\O)c2ccc(CCP(=O)(O)O)cc2)cc1. The topological polar surface area (TPSA) is 180 Å². The largest absolute Gasteiger partial charge is 0.410 e. The van der Waals surface area contributed by atoms with E-state index < -0.39 is 15.2 Å². The van der Waals surface area contributed by atoms with Crippen molar-refractivity contribution in [3.63, 3.8) is 0 Å². The second-order valence-electron chi connectivity index (χ2n) is 6.57. The molecule has 0 radical (unpaired) electrons. The minimum atomic E-state index is -4.11. The van der Waals surface area contributed by atoms with Crippen LogP contribution in [0.1, 0.15) is 22.3 Å². The van der Waals surface area contributed by atoms with Crippen molar-refractivity contribution in [1.82, 2.24) is 0 Å². The van der Waals surface area contributed by atoms with E-state index in [-0.39, 0.29) is 36.6 Å². The van der Waals surface area contributed by atoms with Gasteiger partial charge in [0.05, 0.1) is 12.3 Å². The molecule has 0 aliphatic heterocycles. The molecule has 6 N–H and O–H groups in total. The number of hydrogen-bond acceptors (Lipinski definition) is 6. The first kappa shape index (κ1) is 24.0. The lowest BCUT2D eigenvalue weighted by atomic mass is 9.97. The van der Waals surface area contributed by atoms with E-state index in [2.05, 4.69) is 10.3 Å². The first-order valence-corrected chi connectivity index (χ1v) is 12.3. The van der Waals surface area contributed by atoms with Crippen molar-refractivity contribution in [1.29, 1.82) is 0 Å². The minimum absolute atomic E-state index is 0.0259. The molecular weight excluding hydrogens is 434 g/mol. The third-order valence-corrected chi connectivity index (χ3v) is 5.87. The zero-order valence-electron chi connectivity index (χ0n) is 15.7. The molecule has 0 unspecified atom stereocenters. The van der Waals surface area contributed by atoms with Crippen LogP contribution in [-0.4, -0.2) is 53.7 Å². The number of hydrogen-bond donors (Lipinski definition) is 6. The fourth-order valence-electron chi connectivity index (χ4n) is 2.69. The standard InChI is InChI=1S/C18H22N2O8P2/c21-19-17(15-5-1-13(2-6-15)9-11-29(23,24)25)18(20-22)16-7-3-14(4-8-16)10-12-30(26,27)28/h1-8,21-22H,9-12H2,(H2,23,24,25)(H2,26,27,28)/b19-17-,20-18-. The van der Waals surface area contributed by atoms with Crippen molar-refractivity contribution in [2.45, 2.75) is 12.8 Å². The molecule has 30 heavy (non-hydrogen) atoms. The van der Waals surface area contributed by atoms with Gasteiger partial charge in [0.15, 0.2) is 0 Å². The van der Waals surface area contributed by atoms with Crippen molar-refractivity contribution in [3.05, 3.63) is 70.8 Å². The lowest BCUT2D eigenvalue weighted by Crippen LogP contribution is -2.17. The van der Waals surface area contributed by atoms with E-state index in [0.29, 0.717) is 22.3 Å². The van der Waals surface area contributed by atoms with E-state index in [0.717, 1.165) is 0 Å². The molecule has 0 aliphatic rings. The number of nitrogens with zero attached hydrogens (tertiary/aromatic N) is 2. The van der Waals surface area contributed by atoms with Crippen LogP contribution in [0, 0.1) is 0 Å². The van der Waals surface area contributed by atoms with Crippen LogP contribution in [0.5, 0.6) is 0 Å². The lowest BCUT2D eigenvalue weighted by molar-refractivity contribution is 0.314. The second kappa shape index (κ2) is 10.1. The molecule has 0 spiro atoms. The maximum atomic E-state index is 11.0. The summed E-state index contributed by atoms with van der Waals surface area (Å²) in [5.41, 5.74) is 2.13. The molecule has 0 aromatic heterocycles. The Morgan fingerprint density at radius 2 is 0.933 bits per heavy atom. The summed E-state index contributed by atoms with van der Waals surface area (Å²) in [7, 11) is -8.21. The molecule has 0 fully saturated rings. The number of aryl methyl sites for hydroxylation is 2. The Balaban J connectivity index is 2.18. The van der Waals surface area contributed by atoms with Crippen LogP contribution in [0.15, 0.2) is 58.8 Å². The molecular formula is C18H22N2O8P2. The molecule has 0 saturated heterocycles. The molecule has 2 rings (SSSR count). The van der Waals surface area contributed by atoms with Gasteiger partial charge in [0, 0.05) is 11.1 Å². The monoisotopic (exact) mass is 456 g/mol. The summed E-state index contributed by atoms with van der Waals surface area (Å²) >= 11 is 0. The first-order chi connectivity index (χ1) is 14.0. The van der Waals surface area contributed by atoms with Gasteiger partial charge in [-0.25, -0.2) is 0 Å². The van der Waals surface area contributed by atoms with Crippen molar-refractivity contribution >= 4 is 26.6 Å². The van der Waals surface area contributed by atoms with Crippen LogP contribution in [0.25, 0.3) is 0 Å². The summed E-state index contributed by atoms with van der Waals surface area (Å²) in [6, 6.07) is 12.8. The van der Waals surface area contributed by atoms with Crippen molar-refractivity contribution in [2.24, 2.45) is 10.3 Å². The number of rotatable bonds is 9. The third kappa shape index (κ3) is 7.50. The van der Waals surface area contributed by atoms with Gasteiger partial charge in [-0.1, -0.05) is 58.8 Å². The Morgan fingerprint density at radius 3 is 1.17 bits per heavy atom. The van der Waals surface area contributed by atoms with Gasteiger partial charge in [-0.15, -0.1) is 0 Å².